The van der Waals surface area contributed by atoms with Crippen molar-refractivity contribution in [2.24, 2.45) is 0 Å². The molecule has 1 amide bonds. The number of hydrogen-bond donors (Lipinski definition) is 1. The van der Waals surface area contributed by atoms with Crippen molar-refractivity contribution in [2.45, 2.75) is 39.7 Å². The molecule has 3 rings (SSSR count). The standard InChI is InChI=1S/C20H25ClN2O2/c1-13(2)7-10-23-11-8-15(9-12-23)22-20(24)18-14(3)16-5-4-6-17(21)19(16)25-18/h4-7,15H,8-12H2,1-3H3,(H,22,24). The van der Waals surface area contributed by atoms with E-state index in [2.05, 4.69) is 30.1 Å². The summed E-state index contributed by atoms with van der Waals surface area (Å²) in [6.07, 6.45) is 4.17. The second kappa shape index (κ2) is 7.63. The maximum atomic E-state index is 12.6. The summed E-state index contributed by atoms with van der Waals surface area (Å²) in [4.78, 5) is 15.1. The quantitative estimate of drug-likeness (QED) is 0.813. The summed E-state index contributed by atoms with van der Waals surface area (Å²) in [7, 11) is 0. The first-order valence-corrected chi connectivity index (χ1v) is 9.17. The maximum Gasteiger partial charge on any atom is 0.287 e. The zero-order chi connectivity index (χ0) is 18.0. The number of carbonyl (C=O) groups excluding carboxylic acids is 1. The minimum absolute atomic E-state index is 0.146. The average Bonchev–Trinajstić information content (AvgIpc) is 2.93. The van der Waals surface area contributed by atoms with Gasteiger partial charge in [-0.1, -0.05) is 35.4 Å². The Bertz CT molecular complexity index is 797. The molecule has 4 nitrogen and oxygen atoms in total. The Kier molecular flexibility index (Phi) is 5.50. The predicted molar refractivity (Wildman–Crippen MR) is 102 cm³/mol. The molecule has 1 aromatic carbocycles. The SMILES string of the molecule is CC(C)=CCN1CCC(NC(=O)c2oc3c(Cl)cccc3c2C)CC1. The third-order valence-electron chi connectivity index (χ3n) is 4.80. The van der Waals surface area contributed by atoms with Crippen molar-refractivity contribution >= 4 is 28.5 Å². The van der Waals surface area contributed by atoms with Gasteiger partial charge in [-0.25, -0.2) is 0 Å². The van der Waals surface area contributed by atoms with Gasteiger partial charge in [-0.2, -0.15) is 0 Å². The molecule has 5 heteroatoms. The number of halogens is 1. The molecule has 25 heavy (non-hydrogen) atoms. The number of amides is 1. The van der Waals surface area contributed by atoms with Gasteiger partial charge in [0.05, 0.1) is 5.02 Å². The molecule has 0 radical (unpaired) electrons. The average molecular weight is 361 g/mol. The second-order valence-corrected chi connectivity index (χ2v) is 7.41. The van der Waals surface area contributed by atoms with E-state index in [1.165, 1.54) is 5.57 Å². The Hall–Kier alpha value is -1.78. The van der Waals surface area contributed by atoms with Gasteiger partial charge in [-0.05, 0) is 39.7 Å². The van der Waals surface area contributed by atoms with Gasteiger partial charge in [0.2, 0.25) is 0 Å². The number of hydrogen-bond acceptors (Lipinski definition) is 3. The molecular weight excluding hydrogens is 336 g/mol. The molecule has 2 aromatic rings. The van der Waals surface area contributed by atoms with Crippen LogP contribution in [0.3, 0.4) is 0 Å². The van der Waals surface area contributed by atoms with Crippen LogP contribution in [0, 0.1) is 6.92 Å². The largest absolute Gasteiger partial charge is 0.449 e. The first-order chi connectivity index (χ1) is 12.0. The molecule has 0 unspecified atom stereocenters. The van der Waals surface area contributed by atoms with Gasteiger partial charge in [0.25, 0.3) is 5.91 Å². The summed E-state index contributed by atoms with van der Waals surface area (Å²) in [5.74, 6) is 0.225. The van der Waals surface area contributed by atoms with Crippen molar-refractivity contribution in [3.05, 3.63) is 46.2 Å². The van der Waals surface area contributed by atoms with Crippen molar-refractivity contribution in [2.75, 3.05) is 19.6 Å². The number of aryl methyl sites for hydroxylation is 1. The second-order valence-electron chi connectivity index (χ2n) is 7.00. The van der Waals surface area contributed by atoms with Gasteiger partial charge in [-0.15, -0.1) is 0 Å². The molecule has 0 saturated carbocycles. The zero-order valence-electron chi connectivity index (χ0n) is 15.1. The fourth-order valence-electron chi connectivity index (χ4n) is 3.25. The number of likely N-dealkylation sites (tertiary alicyclic amines) is 1. The number of nitrogens with one attached hydrogen (secondary N) is 1. The molecule has 1 aliphatic rings. The van der Waals surface area contributed by atoms with E-state index in [9.17, 15) is 4.79 Å². The van der Waals surface area contributed by atoms with Crippen LogP contribution in [-0.2, 0) is 0 Å². The Balaban J connectivity index is 1.63. The zero-order valence-corrected chi connectivity index (χ0v) is 15.8. The monoisotopic (exact) mass is 360 g/mol. The lowest BCUT2D eigenvalue weighted by Crippen LogP contribution is -2.44. The van der Waals surface area contributed by atoms with Crippen LogP contribution in [-0.4, -0.2) is 36.5 Å². The van der Waals surface area contributed by atoms with E-state index in [0.717, 1.165) is 43.4 Å². The highest BCUT2D eigenvalue weighted by atomic mass is 35.5. The number of fused-ring (bicyclic) bond motifs is 1. The fourth-order valence-corrected chi connectivity index (χ4v) is 3.46. The summed E-state index contributed by atoms with van der Waals surface area (Å²) >= 11 is 6.17. The third kappa shape index (κ3) is 4.07. The van der Waals surface area contributed by atoms with Crippen LogP contribution < -0.4 is 5.32 Å². The number of rotatable bonds is 4. The van der Waals surface area contributed by atoms with Crippen molar-refractivity contribution < 1.29 is 9.21 Å². The molecule has 1 N–H and O–H groups in total. The Morgan fingerprint density at radius 1 is 1.36 bits per heavy atom. The van der Waals surface area contributed by atoms with E-state index in [4.69, 9.17) is 16.0 Å². The van der Waals surface area contributed by atoms with E-state index in [-0.39, 0.29) is 11.9 Å². The number of benzene rings is 1. The molecule has 0 spiro atoms. The summed E-state index contributed by atoms with van der Waals surface area (Å²) < 4.78 is 5.76. The van der Waals surface area contributed by atoms with Crippen LogP contribution in [0.1, 0.15) is 42.8 Å². The molecule has 1 aliphatic heterocycles. The first-order valence-electron chi connectivity index (χ1n) is 8.80. The number of piperidine rings is 1. The molecule has 134 valence electrons. The molecule has 0 atom stereocenters. The number of allylic oxidation sites excluding steroid dienone is 1. The summed E-state index contributed by atoms with van der Waals surface area (Å²) in [5.41, 5.74) is 2.77. The lowest BCUT2D eigenvalue weighted by molar-refractivity contribution is 0.0887. The van der Waals surface area contributed by atoms with Crippen molar-refractivity contribution in [1.29, 1.82) is 0 Å². The van der Waals surface area contributed by atoms with E-state index >= 15 is 0 Å². The molecule has 0 aliphatic carbocycles. The van der Waals surface area contributed by atoms with Crippen molar-refractivity contribution in [3.8, 4) is 0 Å². The smallest absolute Gasteiger partial charge is 0.287 e. The number of carbonyl (C=O) groups is 1. The fraction of sp³-hybridized carbons (Fsp3) is 0.450. The minimum atomic E-state index is -0.146. The minimum Gasteiger partial charge on any atom is -0.449 e. The van der Waals surface area contributed by atoms with E-state index in [0.29, 0.717) is 16.4 Å². The van der Waals surface area contributed by atoms with E-state index in [1.54, 1.807) is 6.07 Å². The highest BCUT2D eigenvalue weighted by molar-refractivity contribution is 6.35. The molecule has 1 aromatic heterocycles. The van der Waals surface area contributed by atoms with Crippen LogP contribution in [0.15, 0.2) is 34.3 Å². The highest BCUT2D eigenvalue weighted by Crippen LogP contribution is 2.30. The number of para-hydroxylation sites is 1. The van der Waals surface area contributed by atoms with Crippen LogP contribution in [0.2, 0.25) is 5.02 Å². The van der Waals surface area contributed by atoms with Gasteiger partial charge in [0.15, 0.2) is 11.3 Å². The van der Waals surface area contributed by atoms with Crippen LogP contribution >= 0.6 is 11.6 Å². The lowest BCUT2D eigenvalue weighted by atomic mass is 10.0. The lowest BCUT2D eigenvalue weighted by Gasteiger charge is -2.31. The maximum absolute atomic E-state index is 12.6. The Morgan fingerprint density at radius 2 is 2.08 bits per heavy atom. The Labute approximate surface area is 153 Å². The molecule has 1 fully saturated rings. The molecule has 0 bridgehead atoms. The first kappa shape index (κ1) is 18.0. The van der Waals surface area contributed by atoms with Gasteiger partial charge >= 0.3 is 0 Å². The van der Waals surface area contributed by atoms with Crippen LogP contribution in [0.4, 0.5) is 0 Å². The van der Waals surface area contributed by atoms with Gasteiger partial charge < -0.3 is 9.73 Å². The normalized spacial score (nSPS) is 16.2. The summed E-state index contributed by atoms with van der Waals surface area (Å²) in [5, 5.41) is 4.56. The molecule has 1 saturated heterocycles. The topological polar surface area (TPSA) is 45.5 Å². The van der Waals surface area contributed by atoms with E-state index < -0.39 is 0 Å². The van der Waals surface area contributed by atoms with Crippen LogP contribution in [0.25, 0.3) is 11.0 Å². The molecular formula is C20H25ClN2O2. The van der Waals surface area contributed by atoms with Crippen molar-refractivity contribution in [3.63, 3.8) is 0 Å². The van der Waals surface area contributed by atoms with Crippen LogP contribution in [0.5, 0.6) is 0 Å². The number of nitrogens with zero attached hydrogens (tertiary/aromatic N) is 1. The highest BCUT2D eigenvalue weighted by Gasteiger charge is 2.24. The van der Waals surface area contributed by atoms with Gasteiger partial charge in [0.1, 0.15) is 0 Å². The predicted octanol–water partition coefficient (Wildman–Crippen LogP) is 4.56. The van der Waals surface area contributed by atoms with E-state index in [1.807, 2.05) is 19.1 Å². The molecule has 2 heterocycles. The van der Waals surface area contributed by atoms with Gasteiger partial charge in [-0.3, -0.25) is 9.69 Å². The number of furan rings is 1. The van der Waals surface area contributed by atoms with Crippen molar-refractivity contribution in [1.82, 2.24) is 10.2 Å². The Morgan fingerprint density at radius 3 is 2.72 bits per heavy atom. The third-order valence-corrected chi connectivity index (χ3v) is 5.10. The summed E-state index contributed by atoms with van der Waals surface area (Å²) in [6, 6.07) is 5.77. The summed E-state index contributed by atoms with van der Waals surface area (Å²) in [6.45, 7) is 9.13. The van der Waals surface area contributed by atoms with Gasteiger partial charge in [0, 0.05) is 36.6 Å².